The molecule has 1 aliphatic rings. The number of hydrogen-bond donors (Lipinski definition) is 3. The van der Waals surface area contributed by atoms with E-state index >= 15 is 0 Å². The van der Waals surface area contributed by atoms with E-state index in [-0.39, 0.29) is 4.90 Å². The van der Waals surface area contributed by atoms with Gasteiger partial charge >= 0.3 is 0 Å². The number of primary sulfonamides is 1. The minimum atomic E-state index is -3.65. The molecular formula is C18H30N4O3S. The van der Waals surface area contributed by atoms with E-state index < -0.39 is 10.0 Å². The third-order valence-electron chi connectivity index (χ3n) is 4.45. The summed E-state index contributed by atoms with van der Waals surface area (Å²) in [7, 11) is -1.93. The lowest BCUT2D eigenvalue weighted by Gasteiger charge is -2.22. The monoisotopic (exact) mass is 382 g/mol. The van der Waals surface area contributed by atoms with Crippen molar-refractivity contribution in [3.63, 3.8) is 0 Å². The van der Waals surface area contributed by atoms with Crippen LogP contribution in [0, 0.1) is 0 Å². The summed E-state index contributed by atoms with van der Waals surface area (Å²) in [6.07, 6.45) is 7.69. The van der Waals surface area contributed by atoms with E-state index in [0.29, 0.717) is 18.6 Å². The van der Waals surface area contributed by atoms with Gasteiger partial charge in [-0.1, -0.05) is 31.4 Å². The first-order valence-corrected chi connectivity index (χ1v) is 10.7. The zero-order valence-electron chi connectivity index (χ0n) is 15.4. The number of sulfonamides is 1. The molecule has 146 valence electrons. The van der Waals surface area contributed by atoms with Gasteiger partial charge < -0.3 is 15.4 Å². The first kappa shape index (κ1) is 20.7. The van der Waals surface area contributed by atoms with Gasteiger partial charge in [-0.05, 0) is 37.0 Å². The highest BCUT2D eigenvalue weighted by atomic mass is 32.2. The second-order valence-corrected chi connectivity index (χ2v) is 8.09. The van der Waals surface area contributed by atoms with Crippen LogP contribution in [0.5, 0.6) is 0 Å². The highest BCUT2D eigenvalue weighted by Gasteiger charge is 2.13. The fourth-order valence-electron chi connectivity index (χ4n) is 2.96. The normalized spacial score (nSPS) is 16.5. The molecule has 2 rings (SSSR count). The molecule has 0 saturated heterocycles. The molecule has 4 N–H and O–H groups in total. The van der Waals surface area contributed by atoms with Crippen molar-refractivity contribution in [1.82, 2.24) is 10.6 Å². The summed E-state index contributed by atoms with van der Waals surface area (Å²) >= 11 is 0. The van der Waals surface area contributed by atoms with E-state index in [1.54, 1.807) is 19.2 Å². The van der Waals surface area contributed by atoms with Gasteiger partial charge in [0.1, 0.15) is 0 Å². The molecule has 0 aliphatic heterocycles. The molecule has 0 heterocycles. The molecule has 1 aliphatic carbocycles. The van der Waals surface area contributed by atoms with Gasteiger partial charge in [0, 0.05) is 26.7 Å². The van der Waals surface area contributed by atoms with Crippen molar-refractivity contribution in [3.05, 3.63) is 29.8 Å². The highest BCUT2D eigenvalue weighted by molar-refractivity contribution is 7.89. The average Bonchev–Trinajstić information content (AvgIpc) is 2.64. The van der Waals surface area contributed by atoms with Crippen LogP contribution in [0.15, 0.2) is 34.2 Å². The van der Waals surface area contributed by atoms with Crippen LogP contribution in [0.25, 0.3) is 0 Å². The van der Waals surface area contributed by atoms with E-state index in [1.165, 1.54) is 44.2 Å². The molecule has 1 aromatic rings. The molecule has 1 fully saturated rings. The number of hydrogen-bond acceptors (Lipinski definition) is 4. The Bertz CT molecular complexity index is 668. The Hall–Kier alpha value is -1.64. The molecule has 0 unspecified atom stereocenters. The summed E-state index contributed by atoms with van der Waals surface area (Å²) < 4.78 is 28.4. The lowest BCUT2D eigenvalue weighted by molar-refractivity contribution is 0.0277. The van der Waals surface area contributed by atoms with Crippen molar-refractivity contribution < 1.29 is 13.2 Å². The van der Waals surface area contributed by atoms with E-state index in [4.69, 9.17) is 9.88 Å². The van der Waals surface area contributed by atoms with E-state index in [2.05, 4.69) is 15.6 Å². The summed E-state index contributed by atoms with van der Waals surface area (Å²) in [5.74, 6) is 0.707. The molecule has 1 aromatic carbocycles. The van der Waals surface area contributed by atoms with Crippen LogP contribution in [0.3, 0.4) is 0 Å². The summed E-state index contributed by atoms with van der Waals surface area (Å²) in [5, 5.41) is 11.6. The number of nitrogens with zero attached hydrogens (tertiary/aromatic N) is 1. The first-order chi connectivity index (χ1) is 12.5. The molecule has 8 heteroatoms. The topological polar surface area (TPSA) is 106 Å². The number of guanidine groups is 1. The summed E-state index contributed by atoms with van der Waals surface area (Å²) in [6, 6.07) is 6.48. The van der Waals surface area contributed by atoms with Crippen molar-refractivity contribution in [3.8, 4) is 0 Å². The van der Waals surface area contributed by atoms with Crippen molar-refractivity contribution in [2.75, 3.05) is 20.2 Å². The predicted octanol–water partition coefficient (Wildman–Crippen LogP) is 1.74. The number of nitrogens with two attached hydrogens (primary N) is 1. The number of nitrogens with one attached hydrogen (secondary N) is 2. The van der Waals surface area contributed by atoms with Crippen LogP contribution >= 0.6 is 0 Å². The maximum Gasteiger partial charge on any atom is 0.238 e. The van der Waals surface area contributed by atoms with Crippen molar-refractivity contribution in [2.45, 2.75) is 56.1 Å². The largest absolute Gasteiger partial charge is 0.378 e. The zero-order valence-corrected chi connectivity index (χ0v) is 16.2. The summed E-state index contributed by atoms with van der Waals surface area (Å²) in [6.45, 7) is 2.10. The molecule has 0 spiro atoms. The Balaban J connectivity index is 1.64. The average molecular weight is 383 g/mol. The molecule has 7 nitrogen and oxygen atoms in total. The number of rotatable bonds is 8. The van der Waals surface area contributed by atoms with Gasteiger partial charge in [-0.2, -0.15) is 0 Å². The molecule has 0 aromatic heterocycles. The third kappa shape index (κ3) is 7.31. The maximum atomic E-state index is 11.3. The van der Waals surface area contributed by atoms with Crippen LogP contribution in [-0.4, -0.2) is 40.7 Å². The molecule has 1 saturated carbocycles. The van der Waals surface area contributed by atoms with Crippen molar-refractivity contribution in [2.24, 2.45) is 10.1 Å². The fourth-order valence-corrected chi connectivity index (χ4v) is 3.48. The van der Waals surface area contributed by atoms with E-state index in [9.17, 15) is 8.42 Å². The molecule has 0 amide bonds. The van der Waals surface area contributed by atoms with Gasteiger partial charge in [0.05, 0.1) is 11.0 Å². The lowest BCUT2D eigenvalue weighted by atomic mass is 9.98. The van der Waals surface area contributed by atoms with E-state index in [1.807, 2.05) is 0 Å². The van der Waals surface area contributed by atoms with Crippen molar-refractivity contribution in [1.29, 1.82) is 0 Å². The Morgan fingerprint density at radius 3 is 2.50 bits per heavy atom. The van der Waals surface area contributed by atoms with Gasteiger partial charge in [0.15, 0.2) is 5.96 Å². The summed E-state index contributed by atoms with van der Waals surface area (Å²) in [5.41, 5.74) is 0.945. The first-order valence-electron chi connectivity index (χ1n) is 9.17. The van der Waals surface area contributed by atoms with Gasteiger partial charge in [0.2, 0.25) is 10.0 Å². The molecule has 26 heavy (non-hydrogen) atoms. The van der Waals surface area contributed by atoms with Crippen LogP contribution in [0.2, 0.25) is 0 Å². The molecule has 0 atom stereocenters. The fraction of sp³-hybridized carbons (Fsp3) is 0.611. The highest BCUT2D eigenvalue weighted by Crippen LogP contribution is 2.20. The van der Waals surface area contributed by atoms with E-state index in [0.717, 1.165) is 25.1 Å². The van der Waals surface area contributed by atoms with Gasteiger partial charge in [-0.25, -0.2) is 13.6 Å². The Kier molecular flexibility index (Phi) is 8.34. The quantitative estimate of drug-likeness (QED) is 0.361. The van der Waals surface area contributed by atoms with Crippen LogP contribution in [0.4, 0.5) is 0 Å². The molecule has 0 bridgehead atoms. The Morgan fingerprint density at radius 2 is 1.88 bits per heavy atom. The predicted molar refractivity (Wildman–Crippen MR) is 103 cm³/mol. The third-order valence-corrected chi connectivity index (χ3v) is 5.38. The van der Waals surface area contributed by atoms with Gasteiger partial charge in [-0.3, -0.25) is 4.99 Å². The van der Waals surface area contributed by atoms with Crippen molar-refractivity contribution >= 4 is 16.0 Å². The number of benzene rings is 1. The van der Waals surface area contributed by atoms with Gasteiger partial charge in [-0.15, -0.1) is 0 Å². The zero-order chi connectivity index (χ0) is 18.8. The second kappa shape index (κ2) is 10.5. The summed E-state index contributed by atoms with van der Waals surface area (Å²) in [4.78, 5) is 4.30. The van der Waals surface area contributed by atoms with Crippen LogP contribution in [0.1, 0.15) is 44.1 Å². The lowest BCUT2D eigenvalue weighted by Crippen LogP contribution is -2.37. The Morgan fingerprint density at radius 1 is 1.19 bits per heavy atom. The number of ether oxygens (including phenoxy) is 1. The minimum absolute atomic E-state index is 0.113. The standard InChI is InChI=1S/C18H30N4O3S/c1-20-18(21-12-5-13-25-16-6-3-2-4-7-16)22-14-15-8-10-17(11-9-15)26(19,23)24/h8-11,16H,2-7,12-14H2,1H3,(H2,19,23,24)(H2,20,21,22). The molecule has 0 radical (unpaired) electrons. The maximum absolute atomic E-state index is 11.3. The SMILES string of the molecule is CN=C(NCCCOC1CCCCC1)NCc1ccc(S(N)(=O)=O)cc1. The number of aliphatic imine (C=N–C) groups is 1. The second-order valence-electron chi connectivity index (χ2n) is 6.53. The smallest absolute Gasteiger partial charge is 0.238 e. The van der Waals surface area contributed by atoms with Crippen LogP contribution < -0.4 is 15.8 Å². The Labute approximate surface area is 156 Å². The molecular weight excluding hydrogens is 352 g/mol. The van der Waals surface area contributed by atoms with Crippen LogP contribution in [-0.2, 0) is 21.3 Å². The van der Waals surface area contributed by atoms with Gasteiger partial charge in [0.25, 0.3) is 0 Å². The minimum Gasteiger partial charge on any atom is -0.378 e.